The molecule has 0 amide bonds. The lowest BCUT2D eigenvalue weighted by molar-refractivity contribution is 0.398. The van der Waals surface area contributed by atoms with Crippen LogP contribution in [-0.4, -0.2) is 12.2 Å². The minimum atomic E-state index is 0. The fourth-order valence-electron chi connectivity index (χ4n) is 0.539. The Morgan fingerprint density at radius 3 is 2.56 bits per heavy atom. The van der Waals surface area contributed by atoms with Crippen LogP contribution in [0.25, 0.3) is 0 Å². The zero-order valence-corrected chi connectivity index (χ0v) is 6.16. The van der Waals surface area contributed by atoms with Gasteiger partial charge >= 0.3 is 0 Å². The molecule has 1 rings (SSSR count). The molecule has 3 nitrogen and oxygen atoms in total. The molecule has 0 fully saturated rings. The molecule has 0 unspecified atom stereocenters. The van der Waals surface area contributed by atoms with Gasteiger partial charge in [-0.1, -0.05) is 5.16 Å². The predicted molar refractivity (Wildman–Crippen MR) is 38.0 cm³/mol. The molecule has 0 saturated carbocycles. The van der Waals surface area contributed by atoms with Gasteiger partial charge in [0.05, 0.1) is 11.9 Å². The summed E-state index contributed by atoms with van der Waals surface area (Å²) >= 11 is 0. The van der Waals surface area contributed by atoms with E-state index in [0.29, 0.717) is 0 Å². The molecule has 0 radical (unpaired) electrons. The highest BCUT2D eigenvalue weighted by Gasteiger charge is 1.95. The Labute approximate surface area is 59.8 Å². The Morgan fingerprint density at radius 2 is 2.33 bits per heavy atom. The molecule has 0 aliphatic heterocycles. The molecular formula is C5H9ClN2O. The molecule has 4 heteroatoms. The van der Waals surface area contributed by atoms with Gasteiger partial charge < -0.3 is 9.84 Å². The van der Waals surface area contributed by atoms with E-state index in [1.807, 2.05) is 14.0 Å². The predicted octanol–water partition coefficient (Wildman–Crippen LogP) is 1.45. The van der Waals surface area contributed by atoms with Gasteiger partial charge in [-0.05, 0) is 6.92 Å². The first kappa shape index (κ1) is 8.30. The first-order valence-corrected chi connectivity index (χ1v) is 2.43. The molecule has 1 aromatic heterocycles. The molecule has 1 heterocycles. The van der Waals surface area contributed by atoms with Crippen molar-refractivity contribution in [1.82, 2.24) is 5.16 Å². The van der Waals surface area contributed by atoms with Crippen LogP contribution in [0.15, 0.2) is 10.7 Å². The van der Waals surface area contributed by atoms with Gasteiger partial charge in [-0.15, -0.1) is 12.4 Å². The zero-order chi connectivity index (χ0) is 5.98. The molecular weight excluding hydrogens is 140 g/mol. The van der Waals surface area contributed by atoms with Gasteiger partial charge in [0.2, 0.25) is 0 Å². The van der Waals surface area contributed by atoms with E-state index >= 15 is 0 Å². The summed E-state index contributed by atoms with van der Waals surface area (Å²) in [5.41, 5.74) is 0.949. The lowest BCUT2D eigenvalue weighted by Gasteiger charge is -1.89. The van der Waals surface area contributed by atoms with Crippen LogP contribution in [0.1, 0.15) is 5.76 Å². The van der Waals surface area contributed by atoms with Gasteiger partial charge in [0.1, 0.15) is 0 Å². The molecule has 0 aromatic carbocycles. The zero-order valence-electron chi connectivity index (χ0n) is 5.34. The topological polar surface area (TPSA) is 38.1 Å². The molecule has 0 saturated heterocycles. The molecule has 0 aliphatic rings. The minimum absolute atomic E-state index is 0. The summed E-state index contributed by atoms with van der Waals surface area (Å²) in [5.74, 6) is 0.826. The van der Waals surface area contributed by atoms with Crippen molar-refractivity contribution in [3.05, 3.63) is 12.0 Å². The van der Waals surface area contributed by atoms with Crippen LogP contribution in [0.5, 0.6) is 0 Å². The van der Waals surface area contributed by atoms with Gasteiger partial charge in [0.25, 0.3) is 0 Å². The van der Waals surface area contributed by atoms with Crippen LogP contribution in [0, 0.1) is 6.92 Å². The van der Waals surface area contributed by atoms with Crippen molar-refractivity contribution in [1.29, 1.82) is 0 Å². The molecule has 0 spiro atoms. The number of hydrogen-bond donors (Lipinski definition) is 1. The van der Waals surface area contributed by atoms with Gasteiger partial charge in [-0.2, -0.15) is 0 Å². The van der Waals surface area contributed by atoms with Crippen molar-refractivity contribution in [2.45, 2.75) is 6.92 Å². The third kappa shape index (κ3) is 1.61. The number of rotatable bonds is 1. The largest absolute Gasteiger partial charge is 0.384 e. The van der Waals surface area contributed by atoms with E-state index in [0.717, 1.165) is 11.4 Å². The Kier molecular flexibility index (Phi) is 3.09. The number of aryl methyl sites for hydroxylation is 1. The van der Waals surface area contributed by atoms with Crippen LogP contribution in [0.4, 0.5) is 5.69 Å². The lowest BCUT2D eigenvalue weighted by Crippen LogP contribution is -1.85. The first-order chi connectivity index (χ1) is 3.84. The third-order valence-electron chi connectivity index (χ3n) is 1.02. The van der Waals surface area contributed by atoms with E-state index in [4.69, 9.17) is 4.52 Å². The second kappa shape index (κ2) is 3.35. The number of hydrogen-bond acceptors (Lipinski definition) is 3. The van der Waals surface area contributed by atoms with Crippen LogP contribution in [-0.2, 0) is 0 Å². The van der Waals surface area contributed by atoms with E-state index < -0.39 is 0 Å². The molecule has 52 valence electrons. The van der Waals surface area contributed by atoms with E-state index in [9.17, 15) is 0 Å². The average molecular weight is 149 g/mol. The summed E-state index contributed by atoms with van der Waals surface area (Å²) in [6.07, 6.45) is 1.65. The fraction of sp³-hybridized carbons (Fsp3) is 0.400. The first-order valence-electron chi connectivity index (χ1n) is 2.43. The highest BCUT2D eigenvalue weighted by atomic mass is 35.5. The second-order valence-electron chi connectivity index (χ2n) is 1.55. The monoisotopic (exact) mass is 148 g/mol. The summed E-state index contributed by atoms with van der Waals surface area (Å²) in [6.45, 7) is 1.86. The number of nitrogens with zero attached hydrogens (tertiary/aromatic N) is 1. The maximum absolute atomic E-state index is 4.74. The van der Waals surface area contributed by atoms with Gasteiger partial charge in [0.15, 0.2) is 5.76 Å². The van der Waals surface area contributed by atoms with Crippen molar-refractivity contribution in [2.24, 2.45) is 0 Å². The maximum atomic E-state index is 4.74. The van der Waals surface area contributed by atoms with Crippen molar-refractivity contribution in [3.8, 4) is 0 Å². The van der Waals surface area contributed by atoms with Gasteiger partial charge in [-0.25, -0.2) is 0 Å². The average Bonchev–Trinajstić information content (AvgIpc) is 2.14. The molecule has 1 N–H and O–H groups in total. The second-order valence-corrected chi connectivity index (χ2v) is 1.55. The number of halogens is 1. The molecule has 0 bridgehead atoms. The maximum Gasteiger partial charge on any atom is 0.156 e. The number of nitrogens with one attached hydrogen (secondary N) is 1. The van der Waals surface area contributed by atoms with Gasteiger partial charge in [-0.3, -0.25) is 0 Å². The highest BCUT2D eigenvalue weighted by molar-refractivity contribution is 5.85. The number of aromatic nitrogens is 1. The third-order valence-corrected chi connectivity index (χ3v) is 1.02. The SMILES string of the molecule is CNc1cnoc1C.Cl. The normalized spacial score (nSPS) is 8.22. The molecule has 9 heavy (non-hydrogen) atoms. The molecule has 0 atom stereocenters. The minimum Gasteiger partial charge on any atom is -0.384 e. The van der Waals surface area contributed by atoms with E-state index in [-0.39, 0.29) is 12.4 Å². The van der Waals surface area contributed by atoms with Gasteiger partial charge in [0, 0.05) is 7.05 Å². The van der Waals surface area contributed by atoms with E-state index in [2.05, 4.69) is 10.5 Å². The van der Waals surface area contributed by atoms with Crippen molar-refractivity contribution in [2.75, 3.05) is 12.4 Å². The Morgan fingerprint density at radius 1 is 1.67 bits per heavy atom. The van der Waals surface area contributed by atoms with Crippen molar-refractivity contribution in [3.63, 3.8) is 0 Å². The van der Waals surface area contributed by atoms with E-state index in [1.54, 1.807) is 6.20 Å². The van der Waals surface area contributed by atoms with Crippen LogP contribution in [0.2, 0.25) is 0 Å². The summed E-state index contributed by atoms with van der Waals surface area (Å²) < 4.78 is 4.74. The smallest absolute Gasteiger partial charge is 0.156 e. The Balaban J connectivity index is 0.000000640. The van der Waals surface area contributed by atoms with E-state index in [1.165, 1.54) is 0 Å². The summed E-state index contributed by atoms with van der Waals surface area (Å²) in [5, 5.41) is 6.47. The Hall–Kier alpha value is -0.700. The van der Waals surface area contributed by atoms with Crippen LogP contribution in [0.3, 0.4) is 0 Å². The van der Waals surface area contributed by atoms with Crippen molar-refractivity contribution < 1.29 is 4.52 Å². The van der Waals surface area contributed by atoms with Crippen molar-refractivity contribution >= 4 is 18.1 Å². The van der Waals surface area contributed by atoms with Crippen LogP contribution >= 0.6 is 12.4 Å². The highest BCUT2D eigenvalue weighted by Crippen LogP contribution is 2.09. The summed E-state index contributed by atoms with van der Waals surface area (Å²) in [4.78, 5) is 0. The lowest BCUT2D eigenvalue weighted by atomic mass is 10.4. The molecule has 0 aliphatic carbocycles. The quantitative estimate of drug-likeness (QED) is 0.655. The molecule has 1 aromatic rings. The number of anilines is 1. The fourth-order valence-corrected chi connectivity index (χ4v) is 0.539. The summed E-state index contributed by atoms with van der Waals surface area (Å²) in [7, 11) is 1.83. The summed E-state index contributed by atoms with van der Waals surface area (Å²) in [6, 6.07) is 0. The Bertz CT molecular complexity index is 175. The van der Waals surface area contributed by atoms with Crippen LogP contribution < -0.4 is 5.32 Å². The standard InChI is InChI=1S/C5H8N2O.ClH/c1-4-5(6-2)3-7-8-4;/h3,6H,1-2H3;1H.